The summed E-state index contributed by atoms with van der Waals surface area (Å²) in [6.07, 6.45) is 0. The Kier molecular flexibility index (Phi) is 6.63. The second-order valence-corrected chi connectivity index (χ2v) is 5.48. The van der Waals surface area contributed by atoms with Crippen molar-refractivity contribution in [3.63, 3.8) is 0 Å². The van der Waals surface area contributed by atoms with Gasteiger partial charge in [0.1, 0.15) is 0 Å². The van der Waals surface area contributed by atoms with Gasteiger partial charge in [-0.15, -0.1) is 0 Å². The van der Waals surface area contributed by atoms with Crippen LogP contribution in [-0.4, -0.2) is 32.3 Å². The lowest BCUT2D eigenvalue weighted by molar-refractivity contribution is 0.218. The minimum Gasteiger partial charge on any atom is -0.384 e. The third-order valence-corrected chi connectivity index (χ3v) is 3.74. The van der Waals surface area contributed by atoms with Crippen molar-refractivity contribution in [2.24, 2.45) is 0 Å². The van der Waals surface area contributed by atoms with Crippen LogP contribution in [0.25, 0.3) is 0 Å². The van der Waals surface area contributed by atoms with E-state index in [1.807, 2.05) is 18.8 Å². The van der Waals surface area contributed by atoms with Gasteiger partial charge in [-0.05, 0) is 26.5 Å². The largest absolute Gasteiger partial charge is 0.384 e. The van der Waals surface area contributed by atoms with Crippen molar-refractivity contribution in [3.05, 3.63) is 34.9 Å². The van der Waals surface area contributed by atoms with Gasteiger partial charge < -0.3 is 10.1 Å². The molecule has 0 fully saturated rings. The Balaban J connectivity index is 2.59. The molecule has 1 N–H and O–H groups in total. The van der Waals surface area contributed by atoms with Crippen LogP contribution in [0.2, 0.25) is 0 Å². The van der Waals surface area contributed by atoms with Crippen LogP contribution < -0.4 is 5.32 Å². The Morgan fingerprint density at radius 2 is 1.88 bits per heavy atom. The highest BCUT2D eigenvalue weighted by molar-refractivity contribution is 7.99. The number of hydrogen-bond donors (Lipinski definition) is 1. The molecule has 0 saturated heterocycles. The zero-order chi connectivity index (χ0) is 12.7. The summed E-state index contributed by atoms with van der Waals surface area (Å²) in [6, 6.07) is 7.18. The van der Waals surface area contributed by atoms with Gasteiger partial charge in [0.15, 0.2) is 0 Å². The van der Waals surface area contributed by atoms with Crippen LogP contribution in [0.4, 0.5) is 0 Å². The van der Waals surface area contributed by atoms with Crippen LogP contribution in [0, 0.1) is 13.8 Å². The Bertz CT molecular complexity index is 321. The van der Waals surface area contributed by atoms with Gasteiger partial charge >= 0.3 is 0 Å². The van der Waals surface area contributed by atoms with Crippen LogP contribution in [0.15, 0.2) is 18.2 Å². The van der Waals surface area contributed by atoms with Crippen LogP contribution in [0.5, 0.6) is 0 Å². The smallest absolute Gasteiger partial charge is 0.0552 e. The maximum atomic E-state index is 5.06. The quantitative estimate of drug-likeness (QED) is 0.755. The molecular formula is C14H23NOS. The van der Waals surface area contributed by atoms with E-state index in [4.69, 9.17) is 4.74 Å². The van der Waals surface area contributed by atoms with Crippen LogP contribution in [0.3, 0.4) is 0 Å². The number of hydrogen-bond acceptors (Lipinski definition) is 3. The summed E-state index contributed by atoms with van der Waals surface area (Å²) in [5.41, 5.74) is 4.05. The summed E-state index contributed by atoms with van der Waals surface area (Å²) in [6.45, 7) is 5.14. The highest BCUT2D eigenvalue weighted by Gasteiger charge is 2.09. The minimum absolute atomic E-state index is 0.426. The zero-order valence-corrected chi connectivity index (χ0v) is 12.1. The second-order valence-electron chi connectivity index (χ2n) is 4.33. The minimum atomic E-state index is 0.426. The Morgan fingerprint density at radius 1 is 1.24 bits per heavy atom. The van der Waals surface area contributed by atoms with Gasteiger partial charge in [0.05, 0.1) is 6.61 Å². The third-order valence-electron chi connectivity index (χ3n) is 2.71. The zero-order valence-electron chi connectivity index (χ0n) is 11.2. The maximum absolute atomic E-state index is 5.06. The summed E-state index contributed by atoms with van der Waals surface area (Å²) in [4.78, 5) is 0. The lowest BCUT2D eigenvalue weighted by atomic mass is 10.0. The van der Waals surface area contributed by atoms with E-state index < -0.39 is 0 Å². The first-order chi connectivity index (χ1) is 8.17. The van der Waals surface area contributed by atoms with Crippen molar-refractivity contribution in [2.75, 3.05) is 32.3 Å². The van der Waals surface area contributed by atoms with Crippen molar-refractivity contribution < 1.29 is 4.74 Å². The van der Waals surface area contributed by atoms with Crippen molar-refractivity contribution in [2.45, 2.75) is 19.9 Å². The maximum Gasteiger partial charge on any atom is 0.0552 e. The highest BCUT2D eigenvalue weighted by atomic mass is 32.2. The van der Waals surface area contributed by atoms with E-state index in [1.165, 1.54) is 16.7 Å². The molecule has 3 heteroatoms. The molecule has 0 radical (unpaired) electrons. The lowest BCUT2D eigenvalue weighted by Gasteiger charge is -2.17. The van der Waals surface area contributed by atoms with E-state index in [9.17, 15) is 0 Å². The number of thioether (sulfide) groups is 1. The average Bonchev–Trinajstić information content (AvgIpc) is 2.28. The predicted molar refractivity (Wildman–Crippen MR) is 76.9 cm³/mol. The predicted octanol–water partition coefficient (Wildman–Crippen LogP) is 2.94. The summed E-state index contributed by atoms with van der Waals surface area (Å²) < 4.78 is 5.06. The molecule has 0 aliphatic heterocycles. The summed E-state index contributed by atoms with van der Waals surface area (Å²) in [5.74, 6) is 2.14. The molecule has 96 valence electrons. The molecule has 17 heavy (non-hydrogen) atoms. The molecule has 0 amide bonds. The molecule has 0 saturated carbocycles. The molecular weight excluding hydrogens is 230 g/mol. The summed E-state index contributed by atoms with van der Waals surface area (Å²) in [7, 11) is 3.78. The van der Waals surface area contributed by atoms with Crippen molar-refractivity contribution >= 4 is 11.8 Å². The molecule has 0 spiro atoms. The lowest BCUT2D eigenvalue weighted by Crippen LogP contribution is -2.19. The van der Waals surface area contributed by atoms with Gasteiger partial charge in [0.25, 0.3) is 0 Å². The highest BCUT2D eigenvalue weighted by Crippen LogP contribution is 2.20. The molecule has 1 atom stereocenters. The van der Waals surface area contributed by atoms with Gasteiger partial charge in [-0.3, -0.25) is 0 Å². The van der Waals surface area contributed by atoms with Crippen LogP contribution >= 0.6 is 11.8 Å². The second kappa shape index (κ2) is 7.75. The van der Waals surface area contributed by atoms with Crippen LogP contribution in [-0.2, 0) is 4.74 Å². The van der Waals surface area contributed by atoms with Gasteiger partial charge in [-0.25, -0.2) is 0 Å². The first-order valence-electron chi connectivity index (χ1n) is 5.99. The fourth-order valence-electron chi connectivity index (χ4n) is 1.90. The molecule has 1 aromatic carbocycles. The first kappa shape index (κ1) is 14.6. The van der Waals surface area contributed by atoms with E-state index in [2.05, 4.69) is 37.4 Å². The van der Waals surface area contributed by atoms with Gasteiger partial charge in [-0.2, -0.15) is 11.8 Å². The molecule has 1 rings (SSSR count). The normalized spacial score (nSPS) is 12.7. The van der Waals surface area contributed by atoms with Crippen molar-refractivity contribution in [1.29, 1.82) is 0 Å². The van der Waals surface area contributed by atoms with E-state index in [-0.39, 0.29) is 0 Å². The number of rotatable bonds is 7. The van der Waals surface area contributed by atoms with Gasteiger partial charge in [0.2, 0.25) is 0 Å². The SMILES string of the molecule is CNC(CSCCOC)c1cc(C)cc(C)c1. The standard InChI is InChI=1S/C14H23NOS/c1-11-7-12(2)9-13(8-11)14(15-3)10-17-6-5-16-4/h7-9,14-15H,5-6,10H2,1-4H3. The van der Waals surface area contributed by atoms with E-state index in [1.54, 1.807) is 7.11 Å². The third kappa shape index (κ3) is 5.11. The number of methoxy groups -OCH3 is 1. The van der Waals surface area contributed by atoms with Gasteiger partial charge in [-0.1, -0.05) is 29.3 Å². The summed E-state index contributed by atoms with van der Waals surface area (Å²) in [5, 5.41) is 3.39. The molecule has 2 nitrogen and oxygen atoms in total. The van der Waals surface area contributed by atoms with E-state index >= 15 is 0 Å². The molecule has 0 aliphatic carbocycles. The van der Waals surface area contributed by atoms with Crippen LogP contribution in [0.1, 0.15) is 22.7 Å². The van der Waals surface area contributed by atoms with E-state index in [0.717, 1.165) is 18.1 Å². The number of benzene rings is 1. The molecule has 1 unspecified atom stereocenters. The number of nitrogens with one attached hydrogen (secondary N) is 1. The summed E-state index contributed by atoms with van der Waals surface area (Å²) >= 11 is 1.93. The number of aryl methyl sites for hydroxylation is 2. The fraction of sp³-hybridized carbons (Fsp3) is 0.571. The Morgan fingerprint density at radius 3 is 2.41 bits per heavy atom. The Hall–Kier alpha value is -0.510. The molecule has 0 bridgehead atoms. The van der Waals surface area contributed by atoms with Gasteiger partial charge in [0, 0.05) is 24.7 Å². The molecule has 1 aromatic rings. The Labute approximate surface area is 109 Å². The molecule has 0 aliphatic rings. The number of ether oxygens (including phenoxy) is 1. The average molecular weight is 253 g/mol. The van der Waals surface area contributed by atoms with E-state index in [0.29, 0.717) is 6.04 Å². The molecule has 0 aromatic heterocycles. The van der Waals surface area contributed by atoms with Crippen molar-refractivity contribution in [1.82, 2.24) is 5.32 Å². The fourth-order valence-corrected chi connectivity index (χ4v) is 2.95. The first-order valence-corrected chi connectivity index (χ1v) is 7.15. The monoisotopic (exact) mass is 253 g/mol. The topological polar surface area (TPSA) is 21.3 Å². The van der Waals surface area contributed by atoms with Crippen molar-refractivity contribution in [3.8, 4) is 0 Å². The molecule has 0 heterocycles.